The van der Waals surface area contributed by atoms with Crippen LogP contribution in [0.4, 0.5) is 0 Å². The van der Waals surface area contributed by atoms with Crippen LogP contribution in [0.3, 0.4) is 0 Å². The third-order valence-electron chi connectivity index (χ3n) is 1.31. The summed E-state index contributed by atoms with van der Waals surface area (Å²) in [5, 5.41) is 10.1. The zero-order valence-corrected chi connectivity index (χ0v) is 11.6. The number of carbonyl (C=O) groups excluding carboxylic acids is 1. The molecule has 0 rings (SSSR count). The minimum atomic E-state index is -3.64. The molecule has 1 unspecified atom stereocenters. The summed E-state index contributed by atoms with van der Waals surface area (Å²) in [4.78, 5) is 18.9. The molecule has 0 aromatic carbocycles. The van der Waals surface area contributed by atoms with Crippen molar-refractivity contribution in [3.05, 3.63) is 0 Å². The van der Waals surface area contributed by atoms with Crippen molar-refractivity contribution in [1.29, 1.82) is 0 Å². The average molecular weight is 235 g/mol. The Labute approximate surface area is 119 Å². The molecule has 0 amide bonds. The Morgan fingerprint density at radius 1 is 1.77 bits per heavy atom. The van der Waals surface area contributed by atoms with Crippen LogP contribution in [0, 0.1) is 0 Å². The van der Waals surface area contributed by atoms with Crippen LogP contribution in [0.5, 0.6) is 0 Å². The summed E-state index contributed by atoms with van der Waals surface area (Å²) in [7, 11) is -2.56. The van der Waals surface area contributed by atoms with Crippen molar-refractivity contribution in [1.82, 2.24) is 0 Å². The molecule has 6 nitrogen and oxygen atoms in total. The van der Waals surface area contributed by atoms with Gasteiger partial charge < -0.3 is 25.1 Å². The quantitative estimate of drug-likeness (QED) is 0.365. The Bertz CT molecular complexity index is 211. The summed E-state index contributed by atoms with van der Waals surface area (Å²) in [6, 6.07) is -1.22. The first kappa shape index (κ1) is 16.6. The molecule has 0 spiro atoms. The Morgan fingerprint density at radius 2 is 2.23 bits per heavy atom. The van der Waals surface area contributed by atoms with Crippen LogP contribution in [0.15, 0.2) is 0 Å². The smallest absolute Gasteiger partial charge is 0.548 e. The number of aliphatic carboxylic acids is 1. The second-order valence-electron chi connectivity index (χ2n) is 2.26. The summed E-state index contributed by atoms with van der Waals surface area (Å²) in [5.74, 6) is -1.44. The molecule has 0 aromatic rings. The number of carboxylic acids is 1. The van der Waals surface area contributed by atoms with Gasteiger partial charge in [0.05, 0.1) is 12.1 Å². The molecule has 0 aliphatic rings. The Hall–Kier alpha value is 1.22. The van der Waals surface area contributed by atoms with Crippen molar-refractivity contribution >= 4 is 13.6 Å². The van der Waals surface area contributed by atoms with Crippen molar-refractivity contribution in [2.75, 3.05) is 13.3 Å². The van der Waals surface area contributed by atoms with Gasteiger partial charge in [-0.2, -0.15) is 0 Å². The molecule has 0 radical (unpaired) electrons. The first-order valence-electron chi connectivity index (χ1n) is 3.23. The fourth-order valence-electron chi connectivity index (χ4n) is 0.511. The van der Waals surface area contributed by atoms with Crippen LogP contribution in [0.2, 0.25) is 0 Å². The summed E-state index contributed by atoms with van der Waals surface area (Å²) in [6.45, 7) is 0. The number of hydrogen-bond donors (Lipinski definition) is 2. The molecule has 0 saturated carbocycles. The van der Waals surface area contributed by atoms with E-state index in [0.29, 0.717) is 0 Å². The molecule has 8 heteroatoms. The van der Waals surface area contributed by atoms with E-state index < -0.39 is 19.6 Å². The average Bonchev–Trinajstić information content (AvgIpc) is 2.00. The van der Waals surface area contributed by atoms with Gasteiger partial charge in [-0.3, -0.25) is 4.57 Å². The Morgan fingerprint density at radius 3 is 2.54 bits per heavy atom. The molecule has 72 valence electrons. The van der Waals surface area contributed by atoms with Crippen molar-refractivity contribution in [2.45, 2.75) is 12.5 Å². The maximum Gasteiger partial charge on any atom is 1.00 e. The van der Waals surface area contributed by atoms with Crippen molar-refractivity contribution in [3.8, 4) is 0 Å². The number of carboxylic acid groups (broad SMARTS) is 1. The van der Waals surface area contributed by atoms with Gasteiger partial charge >= 0.3 is 59.0 Å². The number of rotatable bonds is 5. The normalized spacial score (nSPS) is 16.8. The van der Waals surface area contributed by atoms with E-state index in [1.54, 1.807) is 0 Å². The zero-order chi connectivity index (χ0) is 9.78. The van der Waals surface area contributed by atoms with Gasteiger partial charge in [-0.1, -0.05) is 0 Å². The van der Waals surface area contributed by atoms with E-state index in [0.717, 1.165) is 7.11 Å². The van der Waals surface area contributed by atoms with Crippen molar-refractivity contribution in [3.63, 3.8) is 0 Å². The first-order chi connectivity index (χ1) is 5.39. The van der Waals surface area contributed by atoms with E-state index in [-0.39, 0.29) is 64.0 Å². The van der Waals surface area contributed by atoms with Crippen LogP contribution in [-0.2, 0) is 13.9 Å². The van der Waals surface area contributed by atoms with Crippen LogP contribution in [0.1, 0.15) is 6.42 Å². The van der Waals surface area contributed by atoms with E-state index >= 15 is 0 Å². The van der Waals surface area contributed by atoms with Crippen LogP contribution in [-0.4, -0.2) is 30.2 Å². The van der Waals surface area contributed by atoms with E-state index in [2.05, 4.69) is 4.52 Å². The third-order valence-corrected chi connectivity index (χ3v) is 2.70. The molecular formula is C5H11KNO5P. The minimum Gasteiger partial charge on any atom is -0.548 e. The van der Waals surface area contributed by atoms with Gasteiger partial charge in [0.25, 0.3) is 0 Å². The van der Waals surface area contributed by atoms with Gasteiger partial charge in [0.1, 0.15) is 0 Å². The standard InChI is InChI=1S/C5H12NO5P.K/c1-11-12(9,10)3-2-4(6)5(7)8;/h4H,2-3,6H2,1H3,(H,7,8)(H,9,10);/q;+1/p-1/t4-;/m0./s1. The van der Waals surface area contributed by atoms with Crippen molar-refractivity contribution < 1.29 is 75.3 Å². The monoisotopic (exact) mass is 235 g/mol. The molecule has 3 N–H and O–H groups in total. The van der Waals surface area contributed by atoms with Gasteiger partial charge in [-0.15, -0.1) is 0 Å². The Balaban J connectivity index is 0. The number of carbonyl (C=O) groups is 1. The van der Waals surface area contributed by atoms with Gasteiger partial charge in [-0.05, 0) is 6.42 Å². The van der Waals surface area contributed by atoms with Crippen LogP contribution < -0.4 is 62.2 Å². The van der Waals surface area contributed by atoms with E-state index in [1.807, 2.05) is 0 Å². The van der Waals surface area contributed by atoms with Gasteiger partial charge in [0.2, 0.25) is 0 Å². The Kier molecular flexibility index (Phi) is 9.60. The van der Waals surface area contributed by atoms with Crippen LogP contribution in [0.25, 0.3) is 0 Å². The third kappa shape index (κ3) is 8.23. The molecule has 0 aromatic heterocycles. The topological polar surface area (TPSA) is 113 Å². The fraction of sp³-hybridized carbons (Fsp3) is 0.800. The maximum atomic E-state index is 10.8. The molecule has 0 saturated heterocycles. The maximum absolute atomic E-state index is 10.8. The second-order valence-corrected chi connectivity index (χ2v) is 4.35. The van der Waals surface area contributed by atoms with Gasteiger partial charge in [0, 0.05) is 13.2 Å². The largest absolute Gasteiger partial charge is 1.00 e. The fourth-order valence-corrected chi connectivity index (χ4v) is 1.30. The second kappa shape index (κ2) is 7.50. The molecule has 13 heavy (non-hydrogen) atoms. The summed E-state index contributed by atoms with van der Waals surface area (Å²) < 4.78 is 15.0. The van der Waals surface area contributed by atoms with E-state index in [9.17, 15) is 14.5 Å². The number of nitrogens with two attached hydrogens (primary N) is 1. The molecule has 2 atom stereocenters. The summed E-state index contributed by atoms with van der Waals surface area (Å²) in [6.07, 6.45) is -0.414. The first-order valence-corrected chi connectivity index (χ1v) is 4.99. The molecule has 0 fully saturated rings. The summed E-state index contributed by atoms with van der Waals surface area (Å²) >= 11 is 0. The van der Waals surface area contributed by atoms with Crippen molar-refractivity contribution in [2.24, 2.45) is 5.73 Å². The van der Waals surface area contributed by atoms with Crippen LogP contribution >= 0.6 is 7.60 Å². The van der Waals surface area contributed by atoms with E-state index in [4.69, 9.17) is 10.6 Å². The molecule has 0 aliphatic carbocycles. The molecule has 0 aliphatic heterocycles. The predicted molar refractivity (Wildman–Crippen MR) is 39.3 cm³/mol. The van der Waals surface area contributed by atoms with E-state index in [1.165, 1.54) is 0 Å². The minimum absolute atomic E-state index is 0. The summed E-state index contributed by atoms with van der Waals surface area (Å²) in [5.41, 5.74) is 5.03. The molecular weight excluding hydrogens is 224 g/mol. The zero-order valence-electron chi connectivity index (χ0n) is 7.60. The van der Waals surface area contributed by atoms with Gasteiger partial charge in [0.15, 0.2) is 0 Å². The SMILES string of the molecule is COP(=O)(O)CC[C@H](N)C(=O)[O-].[K+]. The van der Waals surface area contributed by atoms with Gasteiger partial charge in [-0.25, -0.2) is 0 Å². The number of hydrogen-bond acceptors (Lipinski definition) is 5. The molecule has 0 heterocycles. The predicted octanol–water partition coefficient (Wildman–Crippen LogP) is -4.71. The molecule has 0 bridgehead atoms.